The van der Waals surface area contributed by atoms with Crippen molar-refractivity contribution in [3.8, 4) is 11.5 Å². The molecule has 106 valence electrons. The summed E-state index contributed by atoms with van der Waals surface area (Å²) >= 11 is 0. The van der Waals surface area contributed by atoms with Crippen LogP contribution in [0.5, 0.6) is 11.5 Å². The highest BCUT2D eigenvalue weighted by Gasteiger charge is 2.31. The quantitative estimate of drug-likeness (QED) is 0.804. The van der Waals surface area contributed by atoms with E-state index >= 15 is 0 Å². The first-order valence-corrected chi connectivity index (χ1v) is 5.72. The van der Waals surface area contributed by atoms with Crippen LogP contribution >= 0.6 is 0 Å². The van der Waals surface area contributed by atoms with E-state index in [1.165, 1.54) is 24.3 Å². The molecular weight excluding hydrogens is 271 g/mol. The second-order valence-electron chi connectivity index (χ2n) is 3.97. The number of hydrogen-bond acceptors (Lipinski definition) is 2. The number of halogens is 3. The molecule has 2 aromatic carbocycles. The predicted octanol–water partition coefficient (Wildman–Crippen LogP) is 4.85. The molecule has 0 aromatic heterocycles. The van der Waals surface area contributed by atoms with Crippen molar-refractivity contribution in [3.05, 3.63) is 59.8 Å². The van der Waals surface area contributed by atoms with Gasteiger partial charge in [0.2, 0.25) is 0 Å². The number of hydrogen-bond donors (Lipinski definition) is 0. The van der Waals surface area contributed by atoms with E-state index in [1.54, 1.807) is 24.3 Å². The number of rotatable bonds is 4. The Morgan fingerprint density at radius 2 is 1.75 bits per heavy atom. The monoisotopic (exact) mass is 282 g/mol. The summed E-state index contributed by atoms with van der Waals surface area (Å²) in [4.78, 5) is 0. The minimum absolute atomic E-state index is 0.0737. The largest absolute Gasteiger partial charge is 0.699 e. The Labute approximate surface area is 113 Å². The zero-order chi connectivity index (χ0) is 14.6. The van der Waals surface area contributed by atoms with Crippen molar-refractivity contribution in [2.75, 3.05) is 0 Å². The van der Waals surface area contributed by atoms with Crippen molar-refractivity contribution in [2.24, 2.45) is 0 Å². The Bertz CT molecular complexity index is 585. The lowest BCUT2D eigenvalue weighted by atomic mass is 10.2. The van der Waals surface area contributed by atoms with Crippen LogP contribution in [0.3, 0.4) is 0 Å². The van der Waals surface area contributed by atoms with Gasteiger partial charge in [0.15, 0.2) is 0 Å². The summed E-state index contributed by atoms with van der Waals surface area (Å²) in [5.41, 5.74) is 7.97. The molecule has 0 bridgehead atoms. The first-order valence-electron chi connectivity index (χ1n) is 5.72. The number of ether oxygens (including phenoxy) is 2. The van der Waals surface area contributed by atoms with Gasteiger partial charge in [-0.3, -0.25) is 0 Å². The maximum absolute atomic E-state index is 12.2. The Morgan fingerprint density at radius 3 is 2.45 bits per heavy atom. The van der Waals surface area contributed by atoms with Crippen LogP contribution in [-0.4, -0.2) is 6.36 Å². The zero-order valence-electron chi connectivity index (χ0n) is 10.3. The molecule has 0 saturated carbocycles. The summed E-state index contributed by atoms with van der Waals surface area (Å²) in [5, 5.41) is 0. The van der Waals surface area contributed by atoms with E-state index in [-0.39, 0.29) is 23.6 Å². The molecule has 2 rings (SSSR count). The lowest BCUT2D eigenvalue weighted by Crippen LogP contribution is -2.18. The fourth-order valence-corrected chi connectivity index (χ4v) is 1.59. The lowest BCUT2D eigenvalue weighted by Gasteiger charge is -2.14. The molecule has 0 heterocycles. The van der Waals surface area contributed by atoms with Crippen molar-refractivity contribution in [2.45, 2.75) is 13.0 Å². The summed E-state index contributed by atoms with van der Waals surface area (Å²) in [5.74, 6) is 0.126. The van der Waals surface area contributed by atoms with Gasteiger partial charge in [-0.2, -0.15) is 0 Å². The van der Waals surface area contributed by atoms with Gasteiger partial charge in [-0.1, -0.05) is 30.3 Å². The third-order valence-corrected chi connectivity index (χ3v) is 2.43. The number of nitrogens with one attached hydrogen (secondary N) is 1. The van der Waals surface area contributed by atoms with E-state index in [2.05, 4.69) is 4.74 Å². The minimum atomic E-state index is -4.74. The predicted molar refractivity (Wildman–Crippen MR) is 67.9 cm³/mol. The molecule has 0 fully saturated rings. The van der Waals surface area contributed by atoms with Crippen LogP contribution in [0.25, 0.3) is 5.73 Å². The second-order valence-corrected chi connectivity index (χ2v) is 3.97. The normalized spacial score (nSPS) is 11.2. The third-order valence-electron chi connectivity index (χ3n) is 2.43. The summed E-state index contributed by atoms with van der Waals surface area (Å²) in [6, 6.07) is 12.1. The Balaban J connectivity index is 2.09. The van der Waals surface area contributed by atoms with Gasteiger partial charge in [0.05, 0.1) is 0 Å². The van der Waals surface area contributed by atoms with E-state index in [0.717, 1.165) is 0 Å². The summed E-state index contributed by atoms with van der Waals surface area (Å²) in [7, 11) is 0. The van der Waals surface area contributed by atoms with Crippen LogP contribution in [-0.2, 0) is 6.61 Å². The Morgan fingerprint density at radius 1 is 1.00 bits per heavy atom. The molecule has 0 amide bonds. The van der Waals surface area contributed by atoms with Crippen LogP contribution < -0.4 is 9.47 Å². The van der Waals surface area contributed by atoms with Crippen LogP contribution in [0, 0.1) is 0 Å². The smallest absolute Gasteiger partial charge is 0.573 e. The van der Waals surface area contributed by atoms with Gasteiger partial charge in [-0.05, 0) is 18.2 Å². The summed E-state index contributed by atoms with van der Waals surface area (Å²) < 4.78 is 46.0. The highest BCUT2D eigenvalue weighted by molar-refractivity contribution is 5.47. The Kier molecular flexibility index (Phi) is 4.02. The van der Waals surface area contributed by atoms with E-state index in [1.807, 2.05) is 0 Å². The molecule has 0 aliphatic carbocycles. The average Bonchev–Trinajstić information content (AvgIpc) is 2.36. The van der Waals surface area contributed by atoms with Gasteiger partial charge in [0.1, 0.15) is 18.1 Å². The third kappa shape index (κ3) is 4.08. The zero-order valence-corrected chi connectivity index (χ0v) is 10.3. The Hall–Kier alpha value is -2.37. The fourth-order valence-electron chi connectivity index (χ4n) is 1.59. The summed E-state index contributed by atoms with van der Waals surface area (Å²) in [6.07, 6.45) is -4.74. The maximum atomic E-state index is 12.2. The van der Waals surface area contributed by atoms with E-state index < -0.39 is 6.36 Å². The molecule has 20 heavy (non-hydrogen) atoms. The van der Waals surface area contributed by atoms with Gasteiger partial charge in [0, 0.05) is 5.56 Å². The van der Waals surface area contributed by atoms with Crippen LogP contribution in [0.15, 0.2) is 48.5 Å². The van der Waals surface area contributed by atoms with Gasteiger partial charge in [-0.15, -0.1) is 18.9 Å². The standard InChI is InChI=1S/C14H11F3NO2/c15-14(16,17)20-13-7-2-1-4-10(13)9-19-12-6-3-5-11(18)8-12/h1-8,18H,9H2/q-1. The molecule has 0 unspecified atom stereocenters. The molecule has 0 atom stereocenters. The second kappa shape index (κ2) is 5.73. The molecule has 3 nitrogen and oxygen atoms in total. The van der Waals surface area contributed by atoms with Crippen molar-refractivity contribution in [1.82, 2.24) is 0 Å². The first kappa shape index (κ1) is 14.0. The molecule has 1 N–H and O–H groups in total. The van der Waals surface area contributed by atoms with Gasteiger partial charge < -0.3 is 15.2 Å². The van der Waals surface area contributed by atoms with Crippen molar-refractivity contribution in [1.29, 1.82) is 0 Å². The van der Waals surface area contributed by atoms with Crippen LogP contribution in [0.4, 0.5) is 18.9 Å². The van der Waals surface area contributed by atoms with E-state index in [9.17, 15) is 13.2 Å². The molecule has 0 aliphatic rings. The van der Waals surface area contributed by atoms with Crippen LogP contribution in [0.2, 0.25) is 0 Å². The number of benzene rings is 2. The van der Waals surface area contributed by atoms with Crippen molar-refractivity contribution in [3.63, 3.8) is 0 Å². The number of alkyl halides is 3. The fraction of sp³-hybridized carbons (Fsp3) is 0.143. The van der Waals surface area contributed by atoms with E-state index in [0.29, 0.717) is 5.75 Å². The lowest BCUT2D eigenvalue weighted by molar-refractivity contribution is -0.275. The SMILES string of the molecule is [NH-]c1cccc(OCc2ccccc2OC(F)(F)F)c1. The maximum Gasteiger partial charge on any atom is 0.573 e. The van der Waals surface area contributed by atoms with Crippen molar-refractivity contribution >= 4 is 5.69 Å². The topological polar surface area (TPSA) is 42.3 Å². The minimum Gasteiger partial charge on any atom is -0.699 e. The van der Waals surface area contributed by atoms with Crippen LogP contribution in [0.1, 0.15) is 5.56 Å². The molecule has 0 saturated heterocycles. The molecule has 0 aliphatic heterocycles. The molecular formula is C14H11F3NO2-. The van der Waals surface area contributed by atoms with Gasteiger partial charge in [0.25, 0.3) is 0 Å². The molecule has 2 aromatic rings. The highest BCUT2D eigenvalue weighted by atomic mass is 19.4. The summed E-state index contributed by atoms with van der Waals surface area (Å²) in [6.45, 7) is -0.0737. The van der Waals surface area contributed by atoms with Crippen molar-refractivity contribution < 1.29 is 22.6 Å². The average molecular weight is 282 g/mol. The van der Waals surface area contributed by atoms with Gasteiger partial charge in [-0.25, -0.2) is 0 Å². The number of para-hydroxylation sites is 1. The first-order chi connectivity index (χ1) is 9.44. The molecule has 0 spiro atoms. The molecule has 6 heteroatoms. The molecule has 0 radical (unpaired) electrons. The highest BCUT2D eigenvalue weighted by Crippen LogP contribution is 2.27. The van der Waals surface area contributed by atoms with E-state index in [4.69, 9.17) is 10.5 Å². The van der Waals surface area contributed by atoms with Gasteiger partial charge >= 0.3 is 6.36 Å².